The van der Waals surface area contributed by atoms with Gasteiger partial charge in [-0.1, -0.05) is 23.8 Å². The fraction of sp³-hybridized carbons (Fsp3) is 0.182. The molecule has 0 amide bonds. The number of hydrogen-bond donors (Lipinski definition) is 2. The Kier molecular flexibility index (Phi) is 3.81. The molecule has 1 aromatic carbocycles. The molecule has 0 saturated carbocycles. The summed E-state index contributed by atoms with van der Waals surface area (Å²) >= 11 is 0. The van der Waals surface area contributed by atoms with Crippen LogP contribution in [0.1, 0.15) is 22.8 Å². The van der Waals surface area contributed by atoms with Gasteiger partial charge in [-0.3, -0.25) is 9.36 Å². The van der Waals surface area contributed by atoms with Gasteiger partial charge < -0.3 is 9.79 Å². The van der Waals surface area contributed by atoms with Crippen molar-refractivity contribution >= 4 is 13.4 Å². The fourth-order valence-corrected chi connectivity index (χ4v) is 1.95. The van der Waals surface area contributed by atoms with E-state index in [1.165, 1.54) is 6.92 Å². The third-order valence-electron chi connectivity index (χ3n) is 2.00. The lowest BCUT2D eigenvalue weighted by molar-refractivity contribution is 0.103. The number of aryl methyl sites for hydroxylation is 1. The van der Waals surface area contributed by atoms with E-state index in [0.717, 1.165) is 5.56 Å². The number of carbonyl (C=O) groups is 1. The summed E-state index contributed by atoms with van der Waals surface area (Å²) in [5.41, 5.74) is 1.41. The van der Waals surface area contributed by atoms with E-state index in [2.05, 4.69) is 0 Å². The maximum absolute atomic E-state index is 11.8. The van der Waals surface area contributed by atoms with Crippen molar-refractivity contribution in [2.45, 2.75) is 13.8 Å². The molecule has 2 N–H and O–H groups in total. The Morgan fingerprint density at radius 2 is 2.00 bits per heavy atom. The highest BCUT2D eigenvalue weighted by molar-refractivity contribution is 7.55. The number of Topliss-reactive ketones (excluding diaryl/α,β-unsaturated/α-hetero) is 1. The number of ketones is 1. The van der Waals surface area contributed by atoms with Crippen LogP contribution < -0.4 is 0 Å². The van der Waals surface area contributed by atoms with E-state index in [1.807, 2.05) is 13.0 Å². The molecule has 5 heteroatoms. The molecule has 0 aromatic heterocycles. The number of hydrogen-bond acceptors (Lipinski definition) is 2. The first-order chi connectivity index (χ1) is 7.29. The zero-order chi connectivity index (χ0) is 12.3. The van der Waals surface area contributed by atoms with Gasteiger partial charge >= 0.3 is 7.60 Å². The molecule has 0 unspecified atom stereocenters. The van der Waals surface area contributed by atoms with E-state index in [4.69, 9.17) is 9.79 Å². The molecule has 0 radical (unpaired) electrons. The van der Waals surface area contributed by atoms with Crippen LogP contribution in [0.4, 0.5) is 0 Å². The Labute approximate surface area is 93.8 Å². The maximum Gasteiger partial charge on any atom is 0.349 e. The van der Waals surface area contributed by atoms with Crippen LogP contribution in [-0.2, 0) is 4.57 Å². The molecular weight excluding hydrogens is 227 g/mol. The fourth-order valence-electron chi connectivity index (χ4n) is 1.32. The lowest BCUT2D eigenvalue weighted by Gasteiger charge is -2.03. The highest BCUT2D eigenvalue weighted by Gasteiger charge is 2.14. The molecule has 0 aliphatic rings. The number of carbonyl (C=O) groups excluding carboxylic acids is 1. The molecule has 0 fully saturated rings. The summed E-state index contributed by atoms with van der Waals surface area (Å²) in [6, 6.07) is 6.87. The summed E-state index contributed by atoms with van der Waals surface area (Å²) < 4.78 is 10.7. The van der Waals surface area contributed by atoms with E-state index in [0.29, 0.717) is 11.4 Å². The molecule has 0 heterocycles. The predicted octanol–water partition coefficient (Wildman–Crippen LogP) is 2.26. The van der Waals surface area contributed by atoms with Crippen molar-refractivity contribution in [1.82, 2.24) is 0 Å². The average molecular weight is 240 g/mol. The van der Waals surface area contributed by atoms with Crippen LogP contribution in [0.25, 0.3) is 0 Å². The van der Waals surface area contributed by atoms with Crippen molar-refractivity contribution in [3.63, 3.8) is 0 Å². The first-order valence-electron chi connectivity index (χ1n) is 4.65. The van der Waals surface area contributed by atoms with Gasteiger partial charge in [-0.25, -0.2) is 0 Å². The number of allylic oxidation sites excluding steroid dienone is 1. The van der Waals surface area contributed by atoms with Crippen molar-refractivity contribution in [3.05, 3.63) is 46.8 Å². The van der Waals surface area contributed by atoms with E-state index >= 15 is 0 Å². The minimum absolute atomic E-state index is 0.0546. The standard InChI is InChI=1S/C11H13O4P/c1-8-4-3-5-10(6-8)11(12)9(2)7-16(13,14)15/h3-7H,1-2H3,(H2,13,14,15). The van der Waals surface area contributed by atoms with Crippen LogP contribution in [0.3, 0.4) is 0 Å². The number of benzene rings is 1. The highest BCUT2D eigenvalue weighted by Crippen LogP contribution is 2.37. The van der Waals surface area contributed by atoms with Crippen molar-refractivity contribution in [2.75, 3.05) is 0 Å². The van der Waals surface area contributed by atoms with Gasteiger partial charge in [0, 0.05) is 17.0 Å². The molecule has 86 valence electrons. The Hall–Kier alpha value is -1.22. The summed E-state index contributed by atoms with van der Waals surface area (Å²) in [6.45, 7) is 3.24. The van der Waals surface area contributed by atoms with Crippen LogP contribution in [-0.4, -0.2) is 15.6 Å². The van der Waals surface area contributed by atoms with Crippen LogP contribution in [0.5, 0.6) is 0 Å². The summed E-state index contributed by atoms with van der Waals surface area (Å²) in [7, 11) is -4.29. The van der Waals surface area contributed by atoms with E-state index < -0.39 is 7.60 Å². The molecule has 0 aliphatic carbocycles. The lowest BCUT2D eigenvalue weighted by Crippen LogP contribution is -2.00. The number of rotatable bonds is 3. The van der Waals surface area contributed by atoms with Crippen molar-refractivity contribution in [1.29, 1.82) is 0 Å². The second-order valence-corrected chi connectivity index (χ2v) is 5.04. The van der Waals surface area contributed by atoms with Gasteiger partial charge in [0.1, 0.15) is 0 Å². The Morgan fingerprint density at radius 3 is 2.50 bits per heavy atom. The summed E-state index contributed by atoms with van der Waals surface area (Å²) in [4.78, 5) is 29.2. The van der Waals surface area contributed by atoms with Crippen LogP contribution in [0.15, 0.2) is 35.7 Å². The molecule has 0 bridgehead atoms. The molecule has 16 heavy (non-hydrogen) atoms. The van der Waals surface area contributed by atoms with Crippen LogP contribution in [0, 0.1) is 6.92 Å². The van der Waals surface area contributed by atoms with Crippen LogP contribution in [0.2, 0.25) is 0 Å². The summed E-state index contributed by atoms with van der Waals surface area (Å²) in [5, 5.41) is 0. The van der Waals surface area contributed by atoms with Crippen molar-refractivity contribution in [2.24, 2.45) is 0 Å². The van der Waals surface area contributed by atoms with E-state index in [9.17, 15) is 9.36 Å². The molecule has 4 nitrogen and oxygen atoms in total. The molecular formula is C11H13O4P. The zero-order valence-electron chi connectivity index (χ0n) is 9.04. The Bertz CT molecular complexity index is 485. The molecule has 1 aromatic rings. The molecule has 0 atom stereocenters. The molecule has 0 saturated heterocycles. The van der Waals surface area contributed by atoms with Gasteiger partial charge in [0.05, 0.1) is 0 Å². The molecule has 1 rings (SSSR count). The van der Waals surface area contributed by atoms with Crippen molar-refractivity contribution in [3.8, 4) is 0 Å². The second kappa shape index (κ2) is 4.74. The minimum atomic E-state index is -4.29. The second-order valence-electron chi connectivity index (χ2n) is 3.60. The zero-order valence-corrected chi connectivity index (χ0v) is 9.94. The van der Waals surface area contributed by atoms with E-state index in [-0.39, 0.29) is 11.4 Å². The highest BCUT2D eigenvalue weighted by atomic mass is 31.2. The Morgan fingerprint density at radius 1 is 1.38 bits per heavy atom. The molecule has 0 spiro atoms. The van der Waals surface area contributed by atoms with Gasteiger partial charge in [0.15, 0.2) is 5.78 Å². The van der Waals surface area contributed by atoms with Gasteiger partial charge in [-0.15, -0.1) is 0 Å². The normalized spacial score (nSPS) is 12.6. The summed E-state index contributed by atoms with van der Waals surface area (Å²) in [6.07, 6.45) is 0. The topological polar surface area (TPSA) is 74.6 Å². The SMILES string of the molecule is CC(=CP(=O)(O)O)C(=O)c1cccc(C)c1. The Balaban J connectivity index is 3.04. The third-order valence-corrected chi connectivity index (χ3v) is 2.72. The van der Waals surface area contributed by atoms with Gasteiger partial charge in [0.25, 0.3) is 0 Å². The smallest absolute Gasteiger partial charge is 0.321 e. The minimum Gasteiger partial charge on any atom is -0.321 e. The van der Waals surface area contributed by atoms with Crippen LogP contribution >= 0.6 is 7.60 Å². The van der Waals surface area contributed by atoms with Crippen molar-refractivity contribution < 1.29 is 19.1 Å². The average Bonchev–Trinajstić information content (AvgIpc) is 2.14. The predicted molar refractivity (Wildman–Crippen MR) is 61.3 cm³/mol. The first kappa shape index (κ1) is 12.8. The largest absolute Gasteiger partial charge is 0.349 e. The van der Waals surface area contributed by atoms with E-state index in [1.54, 1.807) is 18.2 Å². The van der Waals surface area contributed by atoms with Gasteiger partial charge in [0.2, 0.25) is 0 Å². The van der Waals surface area contributed by atoms with Gasteiger partial charge in [-0.2, -0.15) is 0 Å². The quantitative estimate of drug-likeness (QED) is 0.482. The monoisotopic (exact) mass is 240 g/mol. The molecule has 0 aliphatic heterocycles. The lowest BCUT2D eigenvalue weighted by atomic mass is 10.0. The third kappa shape index (κ3) is 3.74. The maximum atomic E-state index is 11.8. The summed E-state index contributed by atoms with van der Waals surface area (Å²) in [5.74, 6) is 0.324. The first-order valence-corrected chi connectivity index (χ1v) is 6.34. The van der Waals surface area contributed by atoms with Gasteiger partial charge in [-0.05, 0) is 19.9 Å².